The number of thiophene rings is 1. The molecule has 0 aliphatic heterocycles. The molecule has 0 aliphatic carbocycles. The number of anilines is 1. The van der Waals surface area contributed by atoms with Gasteiger partial charge < -0.3 is 9.84 Å². The van der Waals surface area contributed by atoms with Crippen LogP contribution >= 0.6 is 11.3 Å². The van der Waals surface area contributed by atoms with Gasteiger partial charge >= 0.3 is 0 Å². The molecule has 4 aromatic rings. The molecule has 0 saturated heterocycles. The minimum atomic E-state index is -3.63. The Kier molecular flexibility index (Phi) is 4.84. The summed E-state index contributed by atoms with van der Waals surface area (Å²) in [5, 5.41) is 12.2. The van der Waals surface area contributed by atoms with E-state index in [1.165, 1.54) is 17.4 Å². The fourth-order valence-corrected chi connectivity index (χ4v) is 4.15. The van der Waals surface area contributed by atoms with E-state index in [-0.39, 0.29) is 18.0 Å². The van der Waals surface area contributed by atoms with E-state index in [2.05, 4.69) is 20.3 Å². The molecule has 144 valence electrons. The number of nitrogens with zero attached hydrogens (tertiary/aromatic N) is 3. The van der Waals surface area contributed by atoms with Gasteiger partial charge in [-0.05, 0) is 29.6 Å². The van der Waals surface area contributed by atoms with Crippen molar-refractivity contribution in [3.05, 3.63) is 59.9 Å². The highest BCUT2D eigenvalue weighted by Crippen LogP contribution is 2.25. The second-order valence-electron chi connectivity index (χ2n) is 5.85. The first-order valence-corrected chi connectivity index (χ1v) is 10.8. The van der Waals surface area contributed by atoms with E-state index in [1.54, 1.807) is 35.1 Å². The fraction of sp³-hybridized carbons (Fsp3) is 0.118. The van der Waals surface area contributed by atoms with E-state index in [4.69, 9.17) is 4.52 Å². The van der Waals surface area contributed by atoms with Crippen molar-refractivity contribution in [3.63, 3.8) is 0 Å². The number of fused-ring (bicyclic) bond motifs is 1. The van der Waals surface area contributed by atoms with Gasteiger partial charge in [0.25, 0.3) is 5.91 Å². The van der Waals surface area contributed by atoms with Crippen LogP contribution in [0.25, 0.3) is 16.2 Å². The van der Waals surface area contributed by atoms with Crippen molar-refractivity contribution >= 4 is 38.5 Å². The third-order valence-corrected chi connectivity index (χ3v) is 6.01. The van der Waals surface area contributed by atoms with Crippen LogP contribution in [0.5, 0.6) is 0 Å². The Morgan fingerprint density at radius 3 is 2.96 bits per heavy atom. The molecular weight excluding hydrogens is 402 g/mol. The number of pyridine rings is 1. The molecular formula is C17H15N5O4S2. The summed E-state index contributed by atoms with van der Waals surface area (Å²) in [4.78, 5) is 13.0. The van der Waals surface area contributed by atoms with E-state index in [0.717, 1.165) is 10.4 Å². The molecule has 28 heavy (non-hydrogen) atoms. The number of amides is 1. The molecule has 1 amide bonds. The number of rotatable bonds is 7. The minimum absolute atomic E-state index is 0.0652. The maximum atomic E-state index is 12.2. The second kappa shape index (κ2) is 7.44. The lowest BCUT2D eigenvalue weighted by molar-refractivity contribution is 0.0947. The van der Waals surface area contributed by atoms with Gasteiger partial charge in [0.05, 0.1) is 21.8 Å². The average Bonchev–Trinajstić information content (AvgIpc) is 3.40. The van der Waals surface area contributed by atoms with E-state index >= 15 is 0 Å². The highest BCUT2D eigenvalue weighted by molar-refractivity contribution is 7.92. The first-order valence-electron chi connectivity index (χ1n) is 8.23. The highest BCUT2D eigenvalue weighted by Gasteiger charge is 2.16. The first kappa shape index (κ1) is 18.2. The van der Waals surface area contributed by atoms with Crippen molar-refractivity contribution in [1.29, 1.82) is 0 Å². The normalized spacial score (nSPS) is 11.6. The molecule has 0 atom stereocenters. The van der Waals surface area contributed by atoms with Crippen molar-refractivity contribution < 1.29 is 17.7 Å². The molecule has 0 fully saturated rings. The third-order valence-electron chi connectivity index (χ3n) is 3.84. The number of carbonyl (C=O) groups excluding carboxylic acids is 1. The zero-order valence-electron chi connectivity index (χ0n) is 14.4. The summed E-state index contributed by atoms with van der Waals surface area (Å²) in [5.74, 6) is -0.286. The summed E-state index contributed by atoms with van der Waals surface area (Å²) in [6, 6.07) is 10.3. The third kappa shape index (κ3) is 4.05. The number of aromatic nitrogens is 3. The van der Waals surface area contributed by atoms with Gasteiger partial charge in [0.2, 0.25) is 10.0 Å². The van der Waals surface area contributed by atoms with Crippen molar-refractivity contribution in [1.82, 2.24) is 20.1 Å². The average molecular weight is 417 g/mol. The first-order chi connectivity index (χ1) is 13.5. The largest absolute Gasteiger partial charge is 0.355 e. The molecule has 0 spiro atoms. The summed E-state index contributed by atoms with van der Waals surface area (Å²) in [6.45, 7) is -0.0652. The van der Waals surface area contributed by atoms with Crippen LogP contribution in [0.1, 0.15) is 10.5 Å². The smallest absolute Gasteiger partial charge is 0.273 e. The molecule has 0 saturated carbocycles. The second-order valence-corrected chi connectivity index (χ2v) is 8.64. The molecule has 0 unspecified atom stereocenters. The summed E-state index contributed by atoms with van der Waals surface area (Å²) in [7, 11) is -3.63. The van der Waals surface area contributed by atoms with Crippen LogP contribution in [0.15, 0.2) is 58.7 Å². The standard InChI is InChI=1S/C17H15N5O4S2/c23-17(14-11-15(26-20-14)16-2-1-8-27-16)18-6-9-28(24,25)21-12-4-7-22-13(10-12)3-5-19-22/h1-5,7-8,10-11,21H,6,9H2,(H,18,23). The maximum absolute atomic E-state index is 12.2. The lowest BCUT2D eigenvalue weighted by Crippen LogP contribution is -2.31. The van der Waals surface area contributed by atoms with Crippen molar-refractivity contribution in [3.8, 4) is 10.6 Å². The van der Waals surface area contributed by atoms with Gasteiger partial charge in [-0.1, -0.05) is 11.2 Å². The Morgan fingerprint density at radius 2 is 2.14 bits per heavy atom. The fourth-order valence-electron chi connectivity index (χ4n) is 2.52. The lowest BCUT2D eigenvalue weighted by Gasteiger charge is -2.08. The highest BCUT2D eigenvalue weighted by atomic mass is 32.2. The van der Waals surface area contributed by atoms with Crippen molar-refractivity contribution in [2.45, 2.75) is 0 Å². The van der Waals surface area contributed by atoms with Crippen LogP contribution in [-0.4, -0.2) is 41.4 Å². The van der Waals surface area contributed by atoms with Gasteiger partial charge in [0.1, 0.15) is 0 Å². The molecule has 4 rings (SSSR count). The topological polar surface area (TPSA) is 119 Å². The van der Waals surface area contributed by atoms with E-state index < -0.39 is 15.9 Å². The number of hydrogen-bond acceptors (Lipinski definition) is 7. The zero-order valence-corrected chi connectivity index (χ0v) is 16.0. The van der Waals surface area contributed by atoms with Gasteiger partial charge in [0.15, 0.2) is 11.5 Å². The number of carbonyl (C=O) groups is 1. The number of nitrogens with one attached hydrogen (secondary N) is 2. The summed E-state index contributed by atoms with van der Waals surface area (Å²) in [5.41, 5.74) is 1.29. The Bertz CT molecular complexity index is 1210. The Labute approximate surface area is 164 Å². The van der Waals surface area contributed by atoms with E-state index in [0.29, 0.717) is 11.4 Å². The summed E-state index contributed by atoms with van der Waals surface area (Å²) in [6.07, 6.45) is 3.28. The molecule has 0 radical (unpaired) electrons. The monoisotopic (exact) mass is 417 g/mol. The van der Waals surface area contributed by atoms with Crippen LogP contribution in [0.2, 0.25) is 0 Å². The summed E-state index contributed by atoms with van der Waals surface area (Å²) < 4.78 is 33.7. The zero-order chi connectivity index (χ0) is 19.6. The van der Waals surface area contributed by atoms with Gasteiger partial charge in [0, 0.05) is 25.0 Å². The number of sulfonamides is 1. The van der Waals surface area contributed by atoms with Crippen molar-refractivity contribution in [2.24, 2.45) is 0 Å². The van der Waals surface area contributed by atoms with E-state index in [9.17, 15) is 13.2 Å². The molecule has 0 aliphatic rings. The van der Waals surface area contributed by atoms with Crippen molar-refractivity contribution in [2.75, 3.05) is 17.0 Å². The maximum Gasteiger partial charge on any atom is 0.273 e. The van der Waals surface area contributed by atoms with Crippen LogP contribution in [0.3, 0.4) is 0 Å². The Balaban J connectivity index is 1.32. The molecule has 4 aromatic heterocycles. The van der Waals surface area contributed by atoms with Crippen LogP contribution in [0, 0.1) is 0 Å². The van der Waals surface area contributed by atoms with Crippen LogP contribution in [0.4, 0.5) is 5.69 Å². The number of hydrogen-bond donors (Lipinski definition) is 2. The molecule has 4 heterocycles. The minimum Gasteiger partial charge on any atom is -0.355 e. The molecule has 0 aromatic carbocycles. The lowest BCUT2D eigenvalue weighted by atomic mass is 10.3. The summed E-state index contributed by atoms with van der Waals surface area (Å²) >= 11 is 1.47. The molecule has 0 bridgehead atoms. The predicted octanol–water partition coefficient (Wildman–Crippen LogP) is 2.22. The predicted molar refractivity (Wildman–Crippen MR) is 105 cm³/mol. The SMILES string of the molecule is O=C(NCCS(=O)(=O)Nc1ccn2nccc2c1)c1cc(-c2cccs2)on1. The van der Waals surface area contributed by atoms with Gasteiger partial charge in [-0.3, -0.25) is 9.52 Å². The molecule has 11 heteroatoms. The van der Waals surface area contributed by atoms with Crippen LogP contribution in [-0.2, 0) is 10.0 Å². The van der Waals surface area contributed by atoms with Gasteiger partial charge in [-0.2, -0.15) is 5.10 Å². The van der Waals surface area contributed by atoms with Gasteiger partial charge in [-0.15, -0.1) is 11.3 Å². The Morgan fingerprint density at radius 1 is 1.25 bits per heavy atom. The van der Waals surface area contributed by atoms with Gasteiger partial charge in [-0.25, -0.2) is 12.9 Å². The Hall–Kier alpha value is -3.18. The van der Waals surface area contributed by atoms with Crippen LogP contribution < -0.4 is 10.0 Å². The van der Waals surface area contributed by atoms with E-state index in [1.807, 2.05) is 17.5 Å². The molecule has 2 N–H and O–H groups in total. The quantitative estimate of drug-likeness (QED) is 0.476. The molecule has 9 nitrogen and oxygen atoms in total.